The number of benzene rings is 1. The molecule has 7 heteroatoms. The van der Waals surface area contributed by atoms with Crippen molar-refractivity contribution >= 4 is 17.7 Å². The van der Waals surface area contributed by atoms with Gasteiger partial charge in [0.1, 0.15) is 5.75 Å². The number of aromatic nitrogens is 3. The first-order chi connectivity index (χ1) is 14.5. The van der Waals surface area contributed by atoms with Crippen LogP contribution in [-0.4, -0.2) is 39.6 Å². The van der Waals surface area contributed by atoms with Gasteiger partial charge in [0.25, 0.3) is 0 Å². The lowest BCUT2D eigenvalue weighted by molar-refractivity contribution is -0.119. The first kappa shape index (κ1) is 22.7. The third kappa shape index (κ3) is 5.56. The van der Waals surface area contributed by atoms with Gasteiger partial charge in [0.15, 0.2) is 11.0 Å². The van der Waals surface area contributed by atoms with Crippen LogP contribution in [0.4, 0.5) is 0 Å². The van der Waals surface area contributed by atoms with Crippen molar-refractivity contribution in [1.29, 1.82) is 0 Å². The Morgan fingerprint density at radius 1 is 1.27 bits per heavy atom. The molecule has 30 heavy (non-hydrogen) atoms. The van der Waals surface area contributed by atoms with Gasteiger partial charge in [-0.15, -0.1) is 10.2 Å². The summed E-state index contributed by atoms with van der Waals surface area (Å²) in [7, 11) is 1.67. The largest absolute Gasteiger partial charge is 0.497 e. The van der Waals surface area contributed by atoms with E-state index in [4.69, 9.17) is 4.74 Å². The molecule has 0 spiro atoms. The zero-order chi connectivity index (χ0) is 21.5. The minimum absolute atomic E-state index is 0.0539. The van der Waals surface area contributed by atoms with Crippen LogP contribution in [-0.2, 0) is 4.79 Å². The van der Waals surface area contributed by atoms with Crippen molar-refractivity contribution in [1.82, 2.24) is 20.1 Å². The molecule has 1 saturated carbocycles. The molecule has 1 N–H and O–H groups in total. The van der Waals surface area contributed by atoms with Gasteiger partial charge in [0.05, 0.1) is 12.9 Å². The van der Waals surface area contributed by atoms with Gasteiger partial charge in [0.2, 0.25) is 5.91 Å². The quantitative estimate of drug-likeness (QED) is 0.560. The number of hydrogen-bond donors (Lipinski definition) is 1. The van der Waals surface area contributed by atoms with Crippen LogP contribution in [0.1, 0.15) is 65.3 Å². The summed E-state index contributed by atoms with van der Waals surface area (Å²) in [5, 5.41) is 12.9. The lowest BCUT2D eigenvalue weighted by Gasteiger charge is -2.31. The van der Waals surface area contributed by atoms with E-state index in [0.29, 0.717) is 17.7 Å². The number of methoxy groups -OCH3 is 1. The molecule has 0 bridgehead atoms. The van der Waals surface area contributed by atoms with E-state index in [2.05, 4.69) is 40.9 Å². The van der Waals surface area contributed by atoms with E-state index in [1.807, 2.05) is 24.3 Å². The molecule has 1 amide bonds. The summed E-state index contributed by atoms with van der Waals surface area (Å²) < 4.78 is 7.57. The molecule has 1 aliphatic carbocycles. The Balaban J connectivity index is 1.83. The summed E-state index contributed by atoms with van der Waals surface area (Å²) in [5.74, 6) is 2.67. The minimum atomic E-state index is 0.0539. The number of rotatable bonds is 9. The minimum Gasteiger partial charge on any atom is -0.497 e. The fourth-order valence-electron chi connectivity index (χ4n) is 4.24. The Morgan fingerprint density at radius 3 is 2.67 bits per heavy atom. The van der Waals surface area contributed by atoms with Crippen molar-refractivity contribution in [3.05, 3.63) is 24.3 Å². The Morgan fingerprint density at radius 2 is 2.00 bits per heavy atom. The second-order valence-corrected chi connectivity index (χ2v) is 9.22. The average Bonchev–Trinajstić information content (AvgIpc) is 3.16. The van der Waals surface area contributed by atoms with Crippen LogP contribution in [0.25, 0.3) is 11.4 Å². The van der Waals surface area contributed by atoms with Crippen LogP contribution in [0, 0.1) is 5.92 Å². The normalized spacial score (nSPS) is 20.0. The van der Waals surface area contributed by atoms with Crippen LogP contribution in [0.3, 0.4) is 0 Å². The molecule has 2 aromatic rings. The predicted octanol–water partition coefficient (Wildman–Crippen LogP) is 5.10. The van der Waals surface area contributed by atoms with E-state index in [0.717, 1.165) is 41.6 Å². The maximum absolute atomic E-state index is 12.4. The summed E-state index contributed by atoms with van der Waals surface area (Å²) in [6, 6.07) is 8.52. The Labute approximate surface area is 184 Å². The van der Waals surface area contributed by atoms with Crippen LogP contribution >= 0.6 is 11.8 Å². The number of carbonyl (C=O) groups excluding carboxylic acids is 1. The van der Waals surface area contributed by atoms with Crippen molar-refractivity contribution in [2.45, 2.75) is 76.5 Å². The molecule has 3 atom stereocenters. The maximum atomic E-state index is 12.4. The Kier molecular flexibility index (Phi) is 8.19. The Bertz CT molecular complexity index is 821. The molecular weight excluding hydrogens is 396 g/mol. The van der Waals surface area contributed by atoms with E-state index in [9.17, 15) is 4.79 Å². The van der Waals surface area contributed by atoms with Crippen molar-refractivity contribution in [3.8, 4) is 17.1 Å². The second kappa shape index (κ2) is 10.8. The smallest absolute Gasteiger partial charge is 0.230 e. The SMILES string of the molecule is CCC[C@H](C)NC(=O)CSc1nnc(-c2ccc(OC)cc2)n1[C@@H]1CCCC[C@@H]1C. The zero-order valence-corrected chi connectivity index (χ0v) is 19.4. The summed E-state index contributed by atoms with van der Waals surface area (Å²) in [6.45, 7) is 6.50. The van der Waals surface area contributed by atoms with Crippen molar-refractivity contribution in [2.24, 2.45) is 5.92 Å². The third-order valence-corrected chi connectivity index (χ3v) is 6.82. The molecule has 1 heterocycles. The highest BCUT2D eigenvalue weighted by atomic mass is 32.2. The molecule has 1 aliphatic rings. The van der Waals surface area contributed by atoms with Gasteiger partial charge in [0, 0.05) is 17.6 Å². The van der Waals surface area contributed by atoms with Crippen LogP contribution < -0.4 is 10.1 Å². The molecule has 0 aliphatic heterocycles. The van der Waals surface area contributed by atoms with Gasteiger partial charge in [-0.05, 0) is 56.4 Å². The van der Waals surface area contributed by atoms with E-state index in [-0.39, 0.29) is 11.9 Å². The van der Waals surface area contributed by atoms with Gasteiger partial charge in [-0.1, -0.05) is 44.9 Å². The average molecular weight is 431 g/mol. The second-order valence-electron chi connectivity index (χ2n) is 8.28. The Hall–Kier alpha value is -2.02. The lowest BCUT2D eigenvalue weighted by atomic mass is 9.85. The summed E-state index contributed by atoms with van der Waals surface area (Å²) in [4.78, 5) is 12.4. The number of amides is 1. The number of nitrogens with one attached hydrogen (secondary N) is 1. The lowest BCUT2D eigenvalue weighted by Crippen LogP contribution is -2.33. The van der Waals surface area contributed by atoms with E-state index in [1.54, 1.807) is 7.11 Å². The van der Waals surface area contributed by atoms with Crippen LogP contribution in [0.15, 0.2) is 29.4 Å². The van der Waals surface area contributed by atoms with Gasteiger partial charge >= 0.3 is 0 Å². The molecule has 0 saturated heterocycles. The van der Waals surface area contributed by atoms with Crippen LogP contribution in [0.2, 0.25) is 0 Å². The number of carbonyl (C=O) groups is 1. The molecule has 6 nitrogen and oxygen atoms in total. The monoisotopic (exact) mass is 430 g/mol. The molecule has 1 aromatic carbocycles. The first-order valence-corrected chi connectivity index (χ1v) is 12.0. The standard InChI is InChI=1S/C23H34N4O2S/c1-5-8-17(3)24-21(28)15-30-23-26-25-22(18-11-13-19(29-4)14-12-18)27(23)20-10-7-6-9-16(20)2/h11-14,16-17,20H,5-10,15H2,1-4H3,(H,24,28)/t16-,17-,20+/m0/s1. The highest BCUT2D eigenvalue weighted by Crippen LogP contribution is 2.39. The van der Waals surface area contributed by atoms with Crippen molar-refractivity contribution in [2.75, 3.05) is 12.9 Å². The number of thioether (sulfide) groups is 1. The molecule has 164 valence electrons. The molecule has 0 radical (unpaired) electrons. The van der Waals surface area contributed by atoms with Crippen LogP contribution in [0.5, 0.6) is 5.75 Å². The number of nitrogens with zero attached hydrogens (tertiary/aromatic N) is 3. The third-order valence-electron chi connectivity index (χ3n) is 5.87. The maximum Gasteiger partial charge on any atom is 0.230 e. The highest BCUT2D eigenvalue weighted by molar-refractivity contribution is 7.99. The molecule has 3 rings (SSSR count). The fourth-order valence-corrected chi connectivity index (χ4v) is 5.05. The van der Waals surface area contributed by atoms with E-state index < -0.39 is 0 Å². The van der Waals surface area contributed by atoms with Crippen molar-refractivity contribution in [3.63, 3.8) is 0 Å². The molecular formula is C23H34N4O2S. The van der Waals surface area contributed by atoms with E-state index in [1.165, 1.54) is 31.0 Å². The van der Waals surface area contributed by atoms with E-state index >= 15 is 0 Å². The molecule has 1 aromatic heterocycles. The summed E-state index contributed by atoms with van der Waals surface area (Å²) in [6.07, 6.45) is 6.88. The number of hydrogen-bond acceptors (Lipinski definition) is 5. The van der Waals surface area contributed by atoms with Gasteiger partial charge in [-0.3, -0.25) is 9.36 Å². The topological polar surface area (TPSA) is 69.0 Å². The fraction of sp³-hybridized carbons (Fsp3) is 0.609. The predicted molar refractivity (Wildman–Crippen MR) is 122 cm³/mol. The first-order valence-electron chi connectivity index (χ1n) is 11.0. The number of ether oxygens (including phenoxy) is 1. The molecule has 0 unspecified atom stereocenters. The van der Waals surface area contributed by atoms with Crippen molar-refractivity contribution < 1.29 is 9.53 Å². The van der Waals surface area contributed by atoms with Gasteiger partial charge in [-0.2, -0.15) is 0 Å². The summed E-state index contributed by atoms with van der Waals surface area (Å²) >= 11 is 1.49. The molecule has 1 fully saturated rings. The summed E-state index contributed by atoms with van der Waals surface area (Å²) in [5.41, 5.74) is 1.02. The van der Waals surface area contributed by atoms with Gasteiger partial charge < -0.3 is 10.1 Å². The van der Waals surface area contributed by atoms with Gasteiger partial charge in [-0.25, -0.2) is 0 Å². The highest BCUT2D eigenvalue weighted by Gasteiger charge is 2.29. The zero-order valence-electron chi connectivity index (χ0n) is 18.6.